The van der Waals surface area contributed by atoms with Crippen LogP contribution in [0.25, 0.3) is 22.2 Å². The summed E-state index contributed by atoms with van der Waals surface area (Å²) in [7, 11) is 0. The number of hydrogen-bond acceptors (Lipinski definition) is 2. The van der Waals surface area contributed by atoms with Crippen molar-refractivity contribution in [1.82, 2.24) is 9.97 Å². The van der Waals surface area contributed by atoms with Crippen LogP contribution in [0, 0.1) is 17.5 Å². The molecule has 4 aromatic rings. The zero-order valence-corrected chi connectivity index (χ0v) is 17.7. The number of rotatable bonds is 6. The minimum Gasteiger partial charge on any atom is -0.236 e. The molecule has 1 heterocycles. The van der Waals surface area contributed by atoms with Crippen molar-refractivity contribution in [3.8, 4) is 11.4 Å². The largest absolute Gasteiger partial charge is 0.236 e. The Morgan fingerprint density at radius 3 is 2.19 bits per heavy atom. The first kappa shape index (κ1) is 21.3. The molecule has 0 saturated carbocycles. The third kappa shape index (κ3) is 4.57. The lowest BCUT2D eigenvalue weighted by molar-refractivity contribution is 0.579. The van der Waals surface area contributed by atoms with Crippen molar-refractivity contribution in [3.63, 3.8) is 0 Å². The van der Waals surface area contributed by atoms with Gasteiger partial charge in [-0.1, -0.05) is 49.2 Å². The van der Waals surface area contributed by atoms with Crippen molar-refractivity contribution in [2.24, 2.45) is 0 Å². The van der Waals surface area contributed by atoms with Crippen molar-refractivity contribution in [1.29, 1.82) is 0 Å². The van der Waals surface area contributed by atoms with Gasteiger partial charge in [0.2, 0.25) is 0 Å². The molecular weight excluding hydrogens is 421 g/mol. The summed E-state index contributed by atoms with van der Waals surface area (Å²) in [5.41, 5.74) is 2.81. The van der Waals surface area contributed by atoms with Gasteiger partial charge in [0.05, 0.1) is 0 Å². The van der Waals surface area contributed by atoms with Gasteiger partial charge in [-0.2, -0.15) is 0 Å². The molecule has 6 heteroatoms. The van der Waals surface area contributed by atoms with E-state index in [1.165, 1.54) is 12.1 Å². The van der Waals surface area contributed by atoms with E-state index in [0.29, 0.717) is 35.2 Å². The normalized spacial score (nSPS) is 11.3. The summed E-state index contributed by atoms with van der Waals surface area (Å²) in [6, 6.07) is 11.3. The fourth-order valence-corrected chi connectivity index (χ4v) is 3.73. The van der Waals surface area contributed by atoms with Crippen molar-refractivity contribution in [2.45, 2.75) is 32.6 Å². The molecule has 0 unspecified atom stereocenters. The molecule has 0 bridgehead atoms. The second kappa shape index (κ2) is 9.06. The molecule has 1 aromatic heterocycles. The zero-order chi connectivity index (χ0) is 22.0. The summed E-state index contributed by atoms with van der Waals surface area (Å²) in [6.07, 6.45) is 6.21. The maximum atomic E-state index is 15.1. The van der Waals surface area contributed by atoms with E-state index in [1.54, 1.807) is 18.2 Å². The molecule has 0 aliphatic rings. The van der Waals surface area contributed by atoms with Gasteiger partial charge in [0.15, 0.2) is 5.82 Å². The van der Waals surface area contributed by atoms with Crippen LogP contribution < -0.4 is 0 Å². The fraction of sp³-hybridized carbons (Fsp3) is 0.200. The molecule has 0 spiro atoms. The molecule has 0 radical (unpaired) electrons. The lowest BCUT2D eigenvalue weighted by Crippen LogP contribution is -1.98. The van der Waals surface area contributed by atoms with Crippen molar-refractivity contribution in [2.75, 3.05) is 0 Å². The highest BCUT2D eigenvalue weighted by Crippen LogP contribution is 2.27. The van der Waals surface area contributed by atoms with Gasteiger partial charge in [0.1, 0.15) is 22.5 Å². The van der Waals surface area contributed by atoms with Crippen LogP contribution in [0.4, 0.5) is 13.2 Å². The number of fused-ring (bicyclic) bond motifs is 1. The fourth-order valence-electron chi connectivity index (χ4n) is 3.62. The predicted molar refractivity (Wildman–Crippen MR) is 118 cm³/mol. The van der Waals surface area contributed by atoms with Gasteiger partial charge in [0, 0.05) is 23.3 Å². The molecule has 0 aliphatic carbocycles. The maximum absolute atomic E-state index is 15.1. The molecule has 0 saturated heterocycles. The molecule has 0 N–H and O–H groups in total. The maximum Gasteiger partial charge on any atom is 0.159 e. The third-order valence-electron chi connectivity index (χ3n) is 5.26. The Morgan fingerprint density at radius 1 is 0.806 bits per heavy atom. The molecule has 0 amide bonds. The van der Waals surface area contributed by atoms with Gasteiger partial charge in [-0.15, -0.1) is 0 Å². The van der Waals surface area contributed by atoms with Crippen LogP contribution in [0.2, 0.25) is 5.02 Å². The summed E-state index contributed by atoms with van der Waals surface area (Å²) in [6.45, 7) is 2.10. The van der Waals surface area contributed by atoms with E-state index in [-0.39, 0.29) is 5.82 Å². The number of aromatic nitrogens is 2. The van der Waals surface area contributed by atoms with Gasteiger partial charge in [0.25, 0.3) is 0 Å². The van der Waals surface area contributed by atoms with Gasteiger partial charge in [-0.25, -0.2) is 23.1 Å². The highest BCUT2D eigenvalue weighted by molar-refractivity contribution is 6.30. The Morgan fingerprint density at radius 2 is 1.52 bits per heavy atom. The van der Waals surface area contributed by atoms with Crippen LogP contribution in [0.1, 0.15) is 30.0 Å². The van der Waals surface area contributed by atoms with E-state index in [2.05, 4.69) is 16.9 Å². The third-order valence-corrected chi connectivity index (χ3v) is 5.62. The lowest BCUT2D eigenvalue weighted by Gasteiger charge is -2.09. The van der Waals surface area contributed by atoms with Crippen LogP contribution in [0.5, 0.6) is 0 Å². The van der Waals surface area contributed by atoms with Crippen molar-refractivity contribution < 1.29 is 13.2 Å². The molecule has 158 valence electrons. The van der Waals surface area contributed by atoms with Crippen molar-refractivity contribution in [3.05, 3.63) is 94.0 Å². The number of hydrogen-bond donors (Lipinski definition) is 0. The van der Waals surface area contributed by atoms with Crippen LogP contribution in [-0.4, -0.2) is 9.97 Å². The monoisotopic (exact) mass is 440 g/mol. The Balaban J connectivity index is 1.57. The number of aryl methyl sites for hydroxylation is 3. The van der Waals surface area contributed by atoms with E-state index in [0.717, 1.165) is 29.4 Å². The first-order chi connectivity index (χ1) is 15.0. The second-order valence-corrected chi connectivity index (χ2v) is 7.89. The Labute approximate surface area is 183 Å². The Hall–Kier alpha value is -2.92. The number of nitrogens with zero attached hydrogens (tertiary/aromatic N) is 2. The molecule has 0 fully saturated rings. The Bertz CT molecular complexity index is 1220. The average molecular weight is 441 g/mol. The highest BCUT2D eigenvalue weighted by Gasteiger charge is 2.12. The SMILES string of the molecule is CCCc1cnc(-c2ccc3c(F)c(CCc4cc(F)c(Cl)c(F)c4)ccc3c2)nc1. The molecular formula is C25H20ClF3N2. The molecule has 0 atom stereocenters. The smallest absolute Gasteiger partial charge is 0.159 e. The summed E-state index contributed by atoms with van der Waals surface area (Å²) in [5.74, 6) is -1.36. The van der Waals surface area contributed by atoms with E-state index < -0.39 is 16.7 Å². The second-order valence-electron chi connectivity index (χ2n) is 7.51. The first-order valence-corrected chi connectivity index (χ1v) is 10.5. The lowest BCUT2D eigenvalue weighted by atomic mass is 9.99. The minimum absolute atomic E-state index is 0.295. The predicted octanol–water partition coefficient (Wildman–Crippen LogP) is 7.11. The minimum atomic E-state index is -0.812. The Kier molecular flexibility index (Phi) is 6.23. The van der Waals surface area contributed by atoms with Gasteiger partial charge in [-0.05, 0) is 59.5 Å². The first-order valence-electron chi connectivity index (χ1n) is 10.1. The average Bonchev–Trinajstić information content (AvgIpc) is 2.77. The van der Waals surface area contributed by atoms with Crippen LogP contribution >= 0.6 is 11.6 Å². The molecule has 2 nitrogen and oxygen atoms in total. The van der Waals surface area contributed by atoms with Gasteiger partial charge >= 0.3 is 0 Å². The molecule has 31 heavy (non-hydrogen) atoms. The number of benzene rings is 3. The molecule has 0 aliphatic heterocycles. The van der Waals surface area contributed by atoms with Crippen LogP contribution in [0.3, 0.4) is 0 Å². The zero-order valence-electron chi connectivity index (χ0n) is 16.9. The van der Waals surface area contributed by atoms with Gasteiger partial charge in [-0.3, -0.25) is 0 Å². The highest BCUT2D eigenvalue weighted by atomic mass is 35.5. The topological polar surface area (TPSA) is 25.8 Å². The molecule has 3 aromatic carbocycles. The molecule has 4 rings (SSSR count). The number of halogens is 4. The van der Waals surface area contributed by atoms with E-state index in [9.17, 15) is 8.78 Å². The van der Waals surface area contributed by atoms with Gasteiger partial charge < -0.3 is 0 Å². The van der Waals surface area contributed by atoms with Crippen LogP contribution in [0.15, 0.2) is 54.9 Å². The summed E-state index contributed by atoms with van der Waals surface area (Å²) < 4.78 is 42.3. The van der Waals surface area contributed by atoms with E-state index in [1.807, 2.05) is 24.5 Å². The van der Waals surface area contributed by atoms with Crippen LogP contribution in [-0.2, 0) is 19.3 Å². The van der Waals surface area contributed by atoms with E-state index in [4.69, 9.17) is 11.6 Å². The van der Waals surface area contributed by atoms with E-state index >= 15 is 4.39 Å². The van der Waals surface area contributed by atoms with Crippen molar-refractivity contribution >= 4 is 22.4 Å². The summed E-state index contributed by atoms with van der Waals surface area (Å²) in [5, 5.41) is 0.696. The summed E-state index contributed by atoms with van der Waals surface area (Å²) >= 11 is 5.52. The quantitative estimate of drug-likeness (QED) is 0.299. The standard InChI is InChI=1S/C25H20ClF3N2/c1-2-3-16-13-30-25(31-14-16)19-8-9-20-18(12-19)7-6-17(24(20)29)5-4-15-10-21(27)23(26)22(28)11-15/h6-14H,2-5H2,1H3. The summed E-state index contributed by atoms with van der Waals surface area (Å²) in [4.78, 5) is 8.84.